The topological polar surface area (TPSA) is 114 Å². The summed E-state index contributed by atoms with van der Waals surface area (Å²) in [6.45, 7) is 4.46. The first-order chi connectivity index (χ1) is 18.3. The van der Waals surface area contributed by atoms with Gasteiger partial charge in [-0.1, -0.05) is 12.1 Å². The molecule has 0 radical (unpaired) electrons. The van der Waals surface area contributed by atoms with Crippen LogP contribution in [0.5, 0.6) is 5.75 Å². The van der Waals surface area contributed by atoms with E-state index in [4.69, 9.17) is 19.4 Å². The molecular formula is C27H31N5O5S. The van der Waals surface area contributed by atoms with Gasteiger partial charge in [-0.3, -0.25) is 4.79 Å². The average Bonchev–Trinajstić information content (AvgIpc) is 2.93. The van der Waals surface area contributed by atoms with Gasteiger partial charge in [-0.2, -0.15) is 4.31 Å². The Balaban J connectivity index is 1.45. The first-order valence-corrected chi connectivity index (χ1v) is 14.0. The van der Waals surface area contributed by atoms with Gasteiger partial charge in [0.2, 0.25) is 15.9 Å². The molecule has 1 saturated heterocycles. The molecule has 1 amide bonds. The molecule has 5 rings (SSSR count). The van der Waals surface area contributed by atoms with Gasteiger partial charge in [-0.25, -0.2) is 18.4 Å². The predicted molar refractivity (Wildman–Crippen MR) is 143 cm³/mol. The van der Waals surface area contributed by atoms with E-state index in [1.54, 1.807) is 19.2 Å². The van der Waals surface area contributed by atoms with Crippen molar-refractivity contribution in [3.63, 3.8) is 0 Å². The number of aromatic nitrogens is 2. The number of benzene rings is 2. The van der Waals surface area contributed by atoms with Crippen LogP contribution in [-0.4, -0.2) is 68.6 Å². The molecule has 0 atom stereocenters. The number of amides is 1. The lowest BCUT2D eigenvalue weighted by Crippen LogP contribution is -2.41. The number of hydrogen-bond acceptors (Lipinski definition) is 8. The van der Waals surface area contributed by atoms with Crippen molar-refractivity contribution >= 4 is 27.4 Å². The van der Waals surface area contributed by atoms with E-state index in [2.05, 4.69) is 10.2 Å². The summed E-state index contributed by atoms with van der Waals surface area (Å²) in [6, 6.07) is 14.1. The van der Waals surface area contributed by atoms with Crippen LogP contribution in [0.1, 0.15) is 29.6 Å². The Morgan fingerprint density at radius 1 is 1.08 bits per heavy atom. The molecule has 0 saturated carbocycles. The number of ether oxygens (including phenoxy) is 2. The fourth-order valence-electron chi connectivity index (χ4n) is 4.77. The van der Waals surface area contributed by atoms with Crippen molar-refractivity contribution in [1.82, 2.24) is 14.3 Å². The van der Waals surface area contributed by atoms with E-state index in [0.717, 1.165) is 28.4 Å². The molecule has 0 bridgehead atoms. The zero-order chi connectivity index (χ0) is 26.7. The van der Waals surface area contributed by atoms with Gasteiger partial charge in [-0.05, 0) is 42.0 Å². The monoisotopic (exact) mass is 537 g/mol. The number of carbonyl (C=O) groups is 1. The molecule has 3 aromatic rings. The molecule has 2 aliphatic heterocycles. The number of morpholine rings is 1. The van der Waals surface area contributed by atoms with Crippen molar-refractivity contribution in [3.05, 3.63) is 71.2 Å². The molecule has 2 aliphatic rings. The van der Waals surface area contributed by atoms with E-state index >= 15 is 0 Å². The molecule has 0 unspecified atom stereocenters. The second-order valence-corrected chi connectivity index (χ2v) is 11.2. The van der Waals surface area contributed by atoms with Crippen LogP contribution in [0.3, 0.4) is 0 Å². The Hall–Kier alpha value is -3.54. The van der Waals surface area contributed by atoms with E-state index < -0.39 is 10.0 Å². The molecule has 1 fully saturated rings. The molecule has 1 aromatic heterocycles. The van der Waals surface area contributed by atoms with E-state index in [-0.39, 0.29) is 17.3 Å². The Kier molecular flexibility index (Phi) is 7.59. The Morgan fingerprint density at radius 3 is 2.55 bits per heavy atom. The number of carbonyl (C=O) groups excluding carboxylic acids is 1. The van der Waals surface area contributed by atoms with Crippen molar-refractivity contribution < 1.29 is 22.7 Å². The standard InChI is InChI=1S/C27H31N5O5S/c1-19(33)28-21-6-8-23(9-7-21)38(34,35)32-11-10-25-24(18-32)27(31-12-14-37-15-13-31)30-26(29-25)17-20-4-3-5-22(16-20)36-2/h3-9,16H,10-15,17-18H2,1-2H3,(H,28,33). The maximum Gasteiger partial charge on any atom is 0.243 e. The highest BCUT2D eigenvalue weighted by atomic mass is 32.2. The predicted octanol–water partition coefficient (Wildman–Crippen LogP) is 2.62. The summed E-state index contributed by atoms with van der Waals surface area (Å²) in [6.07, 6.45) is 1.04. The van der Waals surface area contributed by atoms with Crippen molar-refractivity contribution in [1.29, 1.82) is 0 Å². The lowest BCUT2D eigenvalue weighted by Gasteiger charge is -2.34. The fraction of sp³-hybridized carbons (Fsp3) is 0.370. The van der Waals surface area contributed by atoms with Crippen LogP contribution < -0.4 is 15.0 Å². The number of sulfonamides is 1. The molecule has 2 aromatic carbocycles. The number of fused-ring (bicyclic) bond motifs is 1. The Bertz CT molecular complexity index is 1420. The summed E-state index contributed by atoms with van der Waals surface area (Å²) in [5.74, 6) is 2.04. The molecule has 0 spiro atoms. The third kappa shape index (κ3) is 5.64. The minimum atomic E-state index is -3.76. The molecule has 38 heavy (non-hydrogen) atoms. The quantitative estimate of drug-likeness (QED) is 0.489. The Morgan fingerprint density at radius 2 is 1.84 bits per heavy atom. The van der Waals surface area contributed by atoms with Crippen molar-refractivity contribution in [2.24, 2.45) is 0 Å². The van der Waals surface area contributed by atoms with Crippen LogP contribution in [0.15, 0.2) is 53.4 Å². The highest BCUT2D eigenvalue weighted by molar-refractivity contribution is 7.89. The molecule has 3 heterocycles. The fourth-order valence-corrected chi connectivity index (χ4v) is 6.18. The van der Waals surface area contributed by atoms with Gasteiger partial charge in [0, 0.05) is 57.2 Å². The van der Waals surface area contributed by atoms with Crippen LogP contribution in [0.4, 0.5) is 11.5 Å². The maximum atomic E-state index is 13.5. The van der Waals surface area contributed by atoms with Gasteiger partial charge in [0.15, 0.2) is 0 Å². The van der Waals surface area contributed by atoms with Crippen LogP contribution in [0, 0.1) is 0 Å². The number of nitrogens with one attached hydrogen (secondary N) is 1. The SMILES string of the molecule is COc1cccc(Cc2nc3c(c(N4CCOCC4)n2)CN(S(=O)(=O)c2ccc(NC(C)=O)cc2)CC3)c1. The number of anilines is 2. The number of methoxy groups -OCH3 is 1. The molecule has 0 aliphatic carbocycles. The lowest BCUT2D eigenvalue weighted by molar-refractivity contribution is -0.114. The van der Waals surface area contributed by atoms with Gasteiger partial charge < -0.3 is 19.7 Å². The van der Waals surface area contributed by atoms with Crippen LogP contribution in [0.2, 0.25) is 0 Å². The second kappa shape index (κ2) is 11.1. The second-order valence-electron chi connectivity index (χ2n) is 9.31. The van der Waals surface area contributed by atoms with Crippen molar-refractivity contribution in [3.8, 4) is 5.75 Å². The molecule has 10 nitrogen and oxygen atoms in total. The molecule has 1 N–H and O–H groups in total. The third-order valence-corrected chi connectivity index (χ3v) is 8.53. The number of nitrogens with zero attached hydrogens (tertiary/aromatic N) is 4. The summed E-state index contributed by atoms with van der Waals surface area (Å²) in [7, 11) is -2.11. The largest absolute Gasteiger partial charge is 0.497 e. The minimum Gasteiger partial charge on any atom is -0.497 e. The average molecular weight is 538 g/mol. The first kappa shape index (κ1) is 26.1. The normalized spacial score (nSPS) is 16.1. The van der Waals surface area contributed by atoms with Gasteiger partial charge in [0.25, 0.3) is 0 Å². The minimum absolute atomic E-state index is 0.179. The van der Waals surface area contributed by atoms with Crippen LogP contribution >= 0.6 is 0 Å². The van der Waals surface area contributed by atoms with E-state index in [9.17, 15) is 13.2 Å². The van der Waals surface area contributed by atoms with Gasteiger partial charge in [0.1, 0.15) is 17.4 Å². The van der Waals surface area contributed by atoms with E-state index in [0.29, 0.717) is 57.2 Å². The van der Waals surface area contributed by atoms with Crippen LogP contribution in [0.25, 0.3) is 0 Å². The first-order valence-electron chi connectivity index (χ1n) is 12.6. The summed E-state index contributed by atoms with van der Waals surface area (Å²) in [4.78, 5) is 23.5. The van der Waals surface area contributed by atoms with Crippen LogP contribution in [-0.2, 0) is 38.9 Å². The molecule has 11 heteroatoms. The van der Waals surface area contributed by atoms with Gasteiger partial charge in [0.05, 0.1) is 30.9 Å². The van der Waals surface area contributed by atoms with Crippen molar-refractivity contribution in [2.75, 3.05) is 50.2 Å². The lowest BCUT2D eigenvalue weighted by atomic mass is 10.1. The van der Waals surface area contributed by atoms with Crippen molar-refractivity contribution in [2.45, 2.75) is 31.2 Å². The highest BCUT2D eigenvalue weighted by Gasteiger charge is 2.32. The zero-order valence-electron chi connectivity index (χ0n) is 21.5. The van der Waals surface area contributed by atoms with E-state index in [1.807, 2.05) is 24.3 Å². The Labute approximate surface area is 222 Å². The zero-order valence-corrected chi connectivity index (χ0v) is 22.3. The van der Waals surface area contributed by atoms with Gasteiger partial charge >= 0.3 is 0 Å². The summed E-state index contributed by atoms with van der Waals surface area (Å²) < 4.78 is 39.5. The number of hydrogen-bond donors (Lipinski definition) is 1. The third-order valence-electron chi connectivity index (χ3n) is 6.67. The smallest absolute Gasteiger partial charge is 0.243 e. The summed E-state index contributed by atoms with van der Waals surface area (Å²) in [5.41, 5.74) is 3.31. The summed E-state index contributed by atoms with van der Waals surface area (Å²) in [5, 5.41) is 2.66. The van der Waals surface area contributed by atoms with E-state index in [1.165, 1.54) is 23.4 Å². The number of rotatable bonds is 7. The summed E-state index contributed by atoms with van der Waals surface area (Å²) >= 11 is 0. The molecule has 200 valence electrons. The molecular weight excluding hydrogens is 506 g/mol. The highest BCUT2D eigenvalue weighted by Crippen LogP contribution is 2.31. The van der Waals surface area contributed by atoms with Gasteiger partial charge in [-0.15, -0.1) is 0 Å². The maximum absolute atomic E-state index is 13.5.